The molecule has 7 heteroatoms. The molecule has 1 fully saturated rings. The van der Waals surface area contributed by atoms with Crippen molar-refractivity contribution in [1.82, 2.24) is 14.8 Å². The van der Waals surface area contributed by atoms with Crippen LogP contribution in [0.5, 0.6) is 0 Å². The highest BCUT2D eigenvalue weighted by atomic mass is 19.1. The maximum absolute atomic E-state index is 14.4. The lowest BCUT2D eigenvalue weighted by Gasteiger charge is -2.43. The molecule has 2 aliphatic rings. The van der Waals surface area contributed by atoms with Gasteiger partial charge in [-0.05, 0) is 49.6 Å². The van der Waals surface area contributed by atoms with Crippen LogP contribution < -0.4 is 10.9 Å². The number of fused-ring (bicyclic) bond motifs is 4. The normalized spacial score (nSPS) is 19.1. The second-order valence-corrected chi connectivity index (χ2v) is 9.31. The lowest BCUT2D eigenvalue weighted by molar-refractivity contribution is -0.130. The summed E-state index contributed by atoms with van der Waals surface area (Å²) in [6, 6.07) is 18.4. The average Bonchev–Trinajstić information content (AvgIpc) is 2.85. The van der Waals surface area contributed by atoms with Crippen LogP contribution in [0, 0.1) is 18.7 Å². The van der Waals surface area contributed by atoms with Crippen molar-refractivity contribution in [3.05, 3.63) is 111 Å². The molecule has 3 heterocycles. The minimum Gasteiger partial charge on any atom is -0.336 e. The van der Waals surface area contributed by atoms with Gasteiger partial charge < -0.3 is 14.8 Å². The van der Waals surface area contributed by atoms with Gasteiger partial charge in [-0.3, -0.25) is 14.4 Å². The first-order valence-corrected chi connectivity index (χ1v) is 11.7. The predicted octanol–water partition coefficient (Wildman–Crippen LogP) is 3.71. The van der Waals surface area contributed by atoms with Gasteiger partial charge in [-0.25, -0.2) is 4.39 Å². The molecule has 0 saturated carbocycles. The molecule has 2 bridgehead atoms. The van der Waals surface area contributed by atoms with E-state index in [0.29, 0.717) is 25.2 Å². The maximum atomic E-state index is 14.4. The van der Waals surface area contributed by atoms with Crippen LogP contribution in [0.2, 0.25) is 0 Å². The first-order chi connectivity index (χ1) is 16.9. The Labute approximate surface area is 202 Å². The molecule has 2 aliphatic heterocycles. The smallest absolute Gasteiger partial charge is 0.270 e. The van der Waals surface area contributed by atoms with E-state index >= 15 is 0 Å². The van der Waals surface area contributed by atoms with Crippen molar-refractivity contribution in [2.75, 3.05) is 13.1 Å². The number of nitrogens with one attached hydrogen (secondary N) is 1. The molecule has 3 aromatic rings. The number of likely N-dealkylation sites (tertiary alicyclic amines) is 1. The van der Waals surface area contributed by atoms with Crippen molar-refractivity contribution in [2.45, 2.75) is 25.8 Å². The number of rotatable bonds is 4. The Hall–Kier alpha value is -4.00. The monoisotopic (exact) mass is 471 g/mol. The van der Waals surface area contributed by atoms with Crippen molar-refractivity contribution >= 4 is 17.9 Å². The second-order valence-electron chi connectivity index (χ2n) is 9.31. The number of nitrogens with zero attached hydrogens (tertiary/aromatic N) is 2. The van der Waals surface area contributed by atoms with Crippen LogP contribution in [-0.2, 0) is 11.3 Å². The zero-order valence-electron chi connectivity index (χ0n) is 19.4. The molecule has 6 nitrogen and oxygen atoms in total. The minimum atomic E-state index is -0.480. The van der Waals surface area contributed by atoms with Crippen LogP contribution in [0.1, 0.15) is 39.5 Å². The zero-order valence-corrected chi connectivity index (χ0v) is 19.4. The molecular weight excluding hydrogens is 445 g/mol. The van der Waals surface area contributed by atoms with Crippen LogP contribution in [0.25, 0.3) is 6.08 Å². The summed E-state index contributed by atoms with van der Waals surface area (Å²) < 4.78 is 16.2. The van der Waals surface area contributed by atoms with Gasteiger partial charge >= 0.3 is 0 Å². The van der Waals surface area contributed by atoms with Gasteiger partial charge in [0.1, 0.15) is 11.5 Å². The summed E-state index contributed by atoms with van der Waals surface area (Å²) >= 11 is 0. The number of carbonyl (C=O) groups excluding carboxylic acids is 2. The van der Waals surface area contributed by atoms with Crippen molar-refractivity contribution in [2.24, 2.45) is 5.92 Å². The Bertz CT molecular complexity index is 1380. The predicted molar refractivity (Wildman–Crippen MR) is 131 cm³/mol. The fraction of sp³-hybridized carbons (Fsp3) is 0.250. The standard InChI is InChI=1S/C28H26FN3O3/c1-18-9-11-20(12-10-18)27(34)30-24(14-21-5-2-3-6-23(21)29)28(35)31-15-19-13-22(17-31)25-7-4-8-26(33)32(25)16-19/h2-12,14,19,22H,13,15-17H2,1H3,(H,30,34)/b24-14-/t19-,22+/m1/s1. The highest BCUT2D eigenvalue weighted by Gasteiger charge is 2.37. The average molecular weight is 472 g/mol. The van der Waals surface area contributed by atoms with Gasteiger partial charge in [-0.2, -0.15) is 0 Å². The van der Waals surface area contributed by atoms with Gasteiger partial charge in [-0.1, -0.05) is 42.0 Å². The van der Waals surface area contributed by atoms with Crippen LogP contribution in [0.3, 0.4) is 0 Å². The van der Waals surface area contributed by atoms with E-state index in [9.17, 15) is 18.8 Å². The van der Waals surface area contributed by atoms with Crippen molar-refractivity contribution in [1.29, 1.82) is 0 Å². The van der Waals surface area contributed by atoms with E-state index in [-0.39, 0.29) is 34.6 Å². The summed E-state index contributed by atoms with van der Waals surface area (Å²) in [4.78, 5) is 40.7. The summed E-state index contributed by atoms with van der Waals surface area (Å²) in [5.41, 5.74) is 2.56. The van der Waals surface area contributed by atoms with E-state index in [1.54, 1.807) is 51.9 Å². The molecule has 0 unspecified atom stereocenters. The number of piperidine rings is 1. The number of aromatic nitrogens is 1. The molecular formula is C28H26FN3O3. The zero-order chi connectivity index (χ0) is 24.5. The number of hydrogen-bond acceptors (Lipinski definition) is 3. The van der Waals surface area contributed by atoms with Crippen LogP contribution in [0.4, 0.5) is 4.39 Å². The third-order valence-electron chi connectivity index (χ3n) is 6.76. The Kier molecular flexibility index (Phi) is 6.07. The molecule has 1 aromatic heterocycles. The molecule has 0 radical (unpaired) electrons. The third-order valence-corrected chi connectivity index (χ3v) is 6.76. The third kappa shape index (κ3) is 4.67. The minimum absolute atomic E-state index is 0.0195. The maximum Gasteiger partial charge on any atom is 0.270 e. The summed E-state index contributed by atoms with van der Waals surface area (Å²) in [6.07, 6.45) is 2.29. The van der Waals surface area contributed by atoms with Gasteiger partial charge in [0.05, 0.1) is 0 Å². The van der Waals surface area contributed by atoms with E-state index in [0.717, 1.165) is 17.7 Å². The Morgan fingerprint density at radius 2 is 1.74 bits per heavy atom. The summed E-state index contributed by atoms with van der Waals surface area (Å²) in [7, 11) is 0. The Morgan fingerprint density at radius 1 is 0.971 bits per heavy atom. The van der Waals surface area contributed by atoms with Crippen LogP contribution in [-0.4, -0.2) is 34.4 Å². The van der Waals surface area contributed by atoms with Crippen molar-refractivity contribution in [3.8, 4) is 0 Å². The largest absolute Gasteiger partial charge is 0.336 e. The number of pyridine rings is 1. The molecule has 35 heavy (non-hydrogen) atoms. The molecule has 2 atom stereocenters. The molecule has 0 spiro atoms. The first-order valence-electron chi connectivity index (χ1n) is 11.7. The highest BCUT2D eigenvalue weighted by molar-refractivity contribution is 6.05. The fourth-order valence-electron chi connectivity index (χ4n) is 5.03. The fourth-order valence-corrected chi connectivity index (χ4v) is 5.03. The van der Waals surface area contributed by atoms with E-state index < -0.39 is 11.7 Å². The van der Waals surface area contributed by atoms with Crippen molar-refractivity contribution < 1.29 is 14.0 Å². The quantitative estimate of drug-likeness (QED) is 0.590. The van der Waals surface area contributed by atoms with Crippen molar-refractivity contribution in [3.63, 3.8) is 0 Å². The van der Waals surface area contributed by atoms with E-state index in [4.69, 9.17) is 0 Å². The number of benzene rings is 2. The molecule has 178 valence electrons. The topological polar surface area (TPSA) is 71.4 Å². The molecule has 1 saturated heterocycles. The number of carbonyl (C=O) groups is 2. The summed E-state index contributed by atoms with van der Waals surface area (Å²) in [5.74, 6) is -1.12. The number of hydrogen-bond donors (Lipinski definition) is 1. The Morgan fingerprint density at radius 3 is 2.51 bits per heavy atom. The van der Waals surface area contributed by atoms with Gasteiger partial charge in [0, 0.05) is 48.4 Å². The van der Waals surface area contributed by atoms with E-state index in [1.807, 2.05) is 25.1 Å². The van der Waals surface area contributed by atoms with Gasteiger partial charge in [-0.15, -0.1) is 0 Å². The van der Waals surface area contributed by atoms with Crippen LogP contribution >= 0.6 is 0 Å². The van der Waals surface area contributed by atoms with Gasteiger partial charge in [0.25, 0.3) is 17.4 Å². The molecule has 2 amide bonds. The summed E-state index contributed by atoms with van der Waals surface area (Å²) in [6.45, 7) is 3.37. The number of halogens is 1. The van der Waals surface area contributed by atoms with E-state index in [2.05, 4.69) is 5.32 Å². The second kappa shape index (κ2) is 9.33. The Balaban J connectivity index is 1.45. The van der Waals surface area contributed by atoms with E-state index in [1.165, 1.54) is 12.1 Å². The summed E-state index contributed by atoms with van der Waals surface area (Å²) in [5, 5.41) is 2.73. The molecule has 1 N–H and O–H groups in total. The number of aryl methyl sites for hydroxylation is 1. The molecule has 2 aromatic carbocycles. The molecule has 0 aliphatic carbocycles. The molecule has 5 rings (SSSR count). The van der Waals surface area contributed by atoms with Gasteiger partial charge in [0.15, 0.2) is 0 Å². The van der Waals surface area contributed by atoms with Crippen LogP contribution in [0.15, 0.2) is 77.2 Å². The lowest BCUT2D eigenvalue weighted by atomic mass is 9.83. The highest BCUT2D eigenvalue weighted by Crippen LogP contribution is 2.35. The van der Waals surface area contributed by atoms with Gasteiger partial charge in [0.2, 0.25) is 0 Å². The number of amides is 2. The first kappa shape index (κ1) is 22.8. The lowest BCUT2D eigenvalue weighted by Crippen LogP contribution is -2.50. The SMILES string of the molecule is Cc1ccc(C(=O)N/C(=C\c2ccccc2F)C(=O)N2C[C@H]3C[C@@H](C2)c2cccc(=O)n2C3)cc1.